The molecule has 0 aromatic heterocycles. The second kappa shape index (κ2) is 9.18. The van der Waals surface area contributed by atoms with E-state index in [0.717, 1.165) is 42.2 Å². The minimum atomic E-state index is -3.64. The van der Waals surface area contributed by atoms with E-state index in [1.54, 1.807) is 12.1 Å². The number of nitrogens with one attached hydrogen (secondary N) is 1. The fourth-order valence-electron chi connectivity index (χ4n) is 3.03. The third-order valence-electron chi connectivity index (χ3n) is 4.43. The maximum absolute atomic E-state index is 12.9. The van der Waals surface area contributed by atoms with Gasteiger partial charge in [0.05, 0.1) is 5.75 Å². The molecule has 0 aliphatic carbocycles. The number of hydrogen-bond acceptors (Lipinski definition) is 4. The number of unbranched alkanes of at least 4 members (excludes halogenated alkanes) is 2. The van der Waals surface area contributed by atoms with Gasteiger partial charge in [0.1, 0.15) is 0 Å². The molecular weight excluding hydrogens is 324 g/mol. The van der Waals surface area contributed by atoms with Gasteiger partial charge in [-0.1, -0.05) is 50.1 Å². The Morgan fingerprint density at radius 2 is 1.83 bits per heavy atom. The zero-order valence-corrected chi connectivity index (χ0v) is 15.2. The molecule has 0 atom stereocenters. The number of amides is 1. The monoisotopic (exact) mass is 352 g/mol. The van der Waals surface area contributed by atoms with Gasteiger partial charge in [0, 0.05) is 12.5 Å². The first kappa shape index (κ1) is 18.9. The van der Waals surface area contributed by atoms with Crippen LogP contribution in [0.5, 0.6) is 0 Å². The number of carbonyl (C=O) groups is 1. The highest BCUT2D eigenvalue weighted by molar-refractivity contribution is 7.88. The molecular formula is C18H28N2O3S. The quantitative estimate of drug-likeness (QED) is 0.730. The number of nitrogens with zero attached hydrogens (tertiary/aromatic N) is 1. The molecule has 0 spiro atoms. The third kappa shape index (κ3) is 5.31. The van der Waals surface area contributed by atoms with Crippen LogP contribution in [0.3, 0.4) is 0 Å². The van der Waals surface area contributed by atoms with E-state index in [0.29, 0.717) is 19.4 Å². The molecule has 1 aliphatic heterocycles. The molecule has 1 N–H and O–H groups in total. The Hall–Kier alpha value is -1.40. The Morgan fingerprint density at radius 1 is 1.17 bits per heavy atom. The summed E-state index contributed by atoms with van der Waals surface area (Å²) in [6, 6.07) is 9.07. The lowest BCUT2D eigenvalue weighted by atomic mass is 9.97. The van der Waals surface area contributed by atoms with Crippen molar-refractivity contribution in [3.8, 4) is 0 Å². The molecule has 1 aromatic rings. The number of piperidine rings is 1. The van der Waals surface area contributed by atoms with Crippen LogP contribution in [0.25, 0.3) is 0 Å². The molecule has 0 saturated carbocycles. The molecule has 0 bridgehead atoms. The lowest BCUT2D eigenvalue weighted by Gasteiger charge is -2.29. The first-order chi connectivity index (χ1) is 11.5. The van der Waals surface area contributed by atoms with Crippen LogP contribution in [0.2, 0.25) is 0 Å². The summed E-state index contributed by atoms with van der Waals surface area (Å²) < 4.78 is 26.9. The SMILES string of the molecule is CCCCCN(C(=O)C1CCNCC1)S(=O)(=O)Cc1ccccc1. The second-order valence-electron chi connectivity index (χ2n) is 6.38. The molecule has 0 radical (unpaired) electrons. The van der Waals surface area contributed by atoms with Gasteiger partial charge >= 0.3 is 0 Å². The lowest BCUT2D eigenvalue weighted by molar-refractivity contribution is -0.131. The average molecular weight is 353 g/mol. The van der Waals surface area contributed by atoms with Crippen molar-refractivity contribution in [3.05, 3.63) is 35.9 Å². The van der Waals surface area contributed by atoms with E-state index in [1.165, 1.54) is 0 Å². The van der Waals surface area contributed by atoms with Crippen LogP contribution < -0.4 is 5.32 Å². The van der Waals surface area contributed by atoms with E-state index in [-0.39, 0.29) is 17.6 Å². The zero-order chi connectivity index (χ0) is 17.4. The van der Waals surface area contributed by atoms with E-state index >= 15 is 0 Å². The highest BCUT2D eigenvalue weighted by Gasteiger charge is 2.33. The van der Waals surface area contributed by atoms with Crippen molar-refractivity contribution in [1.29, 1.82) is 0 Å². The standard InChI is InChI=1S/C18H28N2O3S/c1-2-3-7-14-20(18(21)17-10-12-19-13-11-17)24(22,23)15-16-8-5-4-6-9-16/h4-6,8-9,17,19H,2-3,7,10-15H2,1H3. The Labute approximate surface area is 145 Å². The molecule has 1 fully saturated rings. The van der Waals surface area contributed by atoms with E-state index in [4.69, 9.17) is 0 Å². The minimum absolute atomic E-state index is 0.114. The van der Waals surface area contributed by atoms with Crippen LogP contribution in [0, 0.1) is 5.92 Å². The van der Waals surface area contributed by atoms with Crippen LogP contribution >= 0.6 is 0 Å². The van der Waals surface area contributed by atoms with Crippen LogP contribution in [-0.4, -0.2) is 38.3 Å². The Kier molecular flexibility index (Phi) is 7.24. The normalized spacial score (nSPS) is 16.0. The molecule has 134 valence electrons. The minimum Gasteiger partial charge on any atom is -0.317 e. The van der Waals surface area contributed by atoms with Crippen LogP contribution in [0.4, 0.5) is 0 Å². The summed E-state index contributed by atoms with van der Waals surface area (Å²) in [6.45, 7) is 3.92. The van der Waals surface area contributed by atoms with Crippen molar-refractivity contribution in [3.63, 3.8) is 0 Å². The molecule has 1 saturated heterocycles. The number of hydrogen-bond donors (Lipinski definition) is 1. The summed E-state index contributed by atoms with van der Waals surface area (Å²) in [5.74, 6) is -0.515. The smallest absolute Gasteiger partial charge is 0.241 e. The Balaban J connectivity index is 2.15. The van der Waals surface area contributed by atoms with Gasteiger partial charge in [-0.05, 0) is 37.9 Å². The fourth-order valence-corrected chi connectivity index (χ4v) is 4.63. The van der Waals surface area contributed by atoms with Crippen molar-refractivity contribution < 1.29 is 13.2 Å². The topological polar surface area (TPSA) is 66.5 Å². The summed E-state index contributed by atoms with van der Waals surface area (Å²) >= 11 is 0. The van der Waals surface area contributed by atoms with E-state index < -0.39 is 10.0 Å². The maximum atomic E-state index is 12.9. The number of rotatable bonds is 8. The van der Waals surface area contributed by atoms with Crippen molar-refractivity contribution in [2.24, 2.45) is 5.92 Å². The van der Waals surface area contributed by atoms with Gasteiger partial charge in [-0.3, -0.25) is 4.79 Å². The molecule has 24 heavy (non-hydrogen) atoms. The summed E-state index contributed by atoms with van der Waals surface area (Å²) in [6.07, 6.45) is 4.07. The molecule has 5 nitrogen and oxygen atoms in total. The van der Waals surface area contributed by atoms with Gasteiger partial charge in [-0.25, -0.2) is 12.7 Å². The molecule has 1 aromatic carbocycles. The third-order valence-corrected chi connectivity index (χ3v) is 6.16. The fraction of sp³-hybridized carbons (Fsp3) is 0.611. The van der Waals surface area contributed by atoms with Gasteiger partial charge in [-0.2, -0.15) is 0 Å². The molecule has 2 rings (SSSR count). The first-order valence-corrected chi connectivity index (χ1v) is 10.4. The van der Waals surface area contributed by atoms with Gasteiger partial charge in [0.2, 0.25) is 15.9 Å². The lowest BCUT2D eigenvalue weighted by Crippen LogP contribution is -2.44. The van der Waals surface area contributed by atoms with Gasteiger partial charge < -0.3 is 5.32 Å². The van der Waals surface area contributed by atoms with Gasteiger partial charge in [0.25, 0.3) is 0 Å². The van der Waals surface area contributed by atoms with Crippen molar-refractivity contribution in [2.75, 3.05) is 19.6 Å². The van der Waals surface area contributed by atoms with Gasteiger partial charge in [0.15, 0.2) is 0 Å². The number of sulfonamides is 1. The summed E-state index contributed by atoms with van der Waals surface area (Å²) in [5, 5.41) is 3.22. The summed E-state index contributed by atoms with van der Waals surface area (Å²) in [7, 11) is -3.64. The largest absolute Gasteiger partial charge is 0.317 e. The van der Waals surface area contributed by atoms with Gasteiger partial charge in [-0.15, -0.1) is 0 Å². The van der Waals surface area contributed by atoms with E-state index in [1.807, 2.05) is 18.2 Å². The Bertz CT molecular complexity index is 610. The highest BCUT2D eigenvalue weighted by atomic mass is 32.2. The highest BCUT2D eigenvalue weighted by Crippen LogP contribution is 2.20. The maximum Gasteiger partial charge on any atom is 0.241 e. The predicted octanol–water partition coefficient (Wildman–Crippen LogP) is 2.53. The molecule has 1 amide bonds. The average Bonchev–Trinajstić information content (AvgIpc) is 2.59. The van der Waals surface area contributed by atoms with Crippen molar-refractivity contribution in [2.45, 2.75) is 44.8 Å². The molecule has 6 heteroatoms. The predicted molar refractivity (Wildman–Crippen MR) is 95.9 cm³/mol. The van der Waals surface area contributed by atoms with Crippen molar-refractivity contribution in [1.82, 2.24) is 9.62 Å². The number of carbonyl (C=O) groups excluding carboxylic acids is 1. The Morgan fingerprint density at radius 3 is 2.46 bits per heavy atom. The molecule has 0 unspecified atom stereocenters. The summed E-state index contributed by atoms with van der Waals surface area (Å²) in [4.78, 5) is 12.8. The van der Waals surface area contributed by atoms with E-state index in [2.05, 4.69) is 12.2 Å². The number of benzene rings is 1. The van der Waals surface area contributed by atoms with Crippen LogP contribution in [0.15, 0.2) is 30.3 Å². The van der Waals surface area contributed by atoms with Crippen LogP contribution in [-0.2, 0) is 20.6 Å². The molecule has 1 heterocycles. The first-order valence-electron chi connectivity index (χ1n) is 8.83. The van der Waals surface area contributed by atoms with Crippen molar-refractivity contribution >= 4 is 15.9 Å². The second-order valence-corrected chi connectivity index (χ2v) is 8.28. The summed E-state index contributed by atoms with van der Waals surface area (Å²) in [5.41, 5.74) is 0.719. The van der Waals surface area contributed by atoms with Crippen LogP contribution in [0.1, 0.15) is 44.6 Å². The zero-order valence-electron chi connectivity index (χ0n) is 14.4. The van der Waals surface area contributed by atoms with E-state index in [9.17, 15) is 13.2 Å². The molecule has 1 aliphatic rings.